The van der Waals surface area contributed by atoms with E-state index >= 15 is 0 Å². The minimum Gasteiger partial charge on any atom is -0.335 e. The van der Waals surface area contributed by atoms with Gasteiger partial charge in [0.25, 0.3) is 11.8 Å². The number of thiophene rings is 1. The second-order valence-electron chi connectivity index (χ2n) is 7.71. The molecule has 0 radical (unpaired) electrons. The Morgan fingerprint density at radius 3 is 2.58 bits per heavy atom. The number of carbonyl (C=O) groups is 2. The smallest absolute Gasteiger partial charge is 0.265 e. The molecule has 1 atom stereocenters. The third kappa shape index (κ3) is 3.38. The molecule has 1 aromatic heterocycles. The van der Waals surface area contributed by atoms with Crippen molar-refractivity contribution in [2.75, 3.05) is 19.6 Å². The van der Waals surface area contributed by atoms with Gasteiger partial charge in [0.2, 0.25) is 5.91 Å². The van der Waals surface area contributed by atoms with E-state index in [-0.39, 0.29) is 30.2 Å². The van der Waals surface area contributed by atoms with Crippen molar-refractivity contribution in [1.29, 1.82) is 0 Å². The van der Waals surface area contributed by atoms with Crippen molar-refractivity contribution in [3.8, 4) is 0 Å². The summed E-state index contributed by atoms with van der Waals surface area (Å²) in [5.41, 5.74) is 0. The van der Waals surface area contributed by atoms with E-state index < -0.39 is 12.5 Å². The lowest BCUT2D eigenvalue weighted by Gasteiger charge is -2.32. The van der Waals surface area contributed by atoms with Crippen molar-refractivity contribution in [2.24, 2.45) is 5.92 Å². The predicted molar refractivity (Wildman–Crippen MR) is 95.4 cm³/mol. The molecule has 2 saturated heterocycles. The summed E-state index contributed by atoms with van der Waals surface area (Å²) >= 11 is 1.36. The van der Waals surface area contributed by atoms with E-state index in [4.69, 9.17) is 0 Å². The number of nitrogens with zero attached hydrogens (tertiary/aromatic N) is 2. The van der Waals surface area contributed by atoms with Crippen molar-refractivity contribution in [3.63, 3.8) is 0 Å². The van der Waals surface area contributed by atoms with Gasteiger partial charge in [0.1, 0.15) is 0 Å². The normalized spacial score (nSPS) is 26.0. The highest BCUT2D eigenvalue weighted by molar-refractivity contribution is 7.14. The summed E-state index contributed by atoms with van der Waals surface area (Å²) in [5, 5.41) is 0. The molecule has 4 nitrogen and oxygen atoms in total. The van der Waals surface area contributed by atoms with E-state index in [1.54, 1.807) is 6.07 Å². The molecule has 2 amide bonds. The maximum Gasteiger partial charge on any atom is 0.265 e. The highest BCUT2D eigenvalue weighted by Gasteiger charge is 2.39. The van der Waals surface area contributed by atoms with Crippen LogP contribution in [0, 0.1) is 5.92 Å². The lowest BCUT2D eigenvalue weighted by atomic mass is 9.84. The van der Waals surface area contributed by atoms with E-state index in [2.05, 4.69) is 0 Å². The fourth-order valence-electron chi connectivity index (χ4n) is 4.16. The number of hydrogen-bond donors (Lipinski definition) is 0. The van der Waals surface area contributed by atoms with Gasteiger partial charge >= 0.3 is 0 Å². The average Bonchev–Trinajstić information content (AvgIpc) is 3.20. The Morgan fingerprint density at radius 2 is 1.88 bits per heavy atom. The molecule has 3 heterocycles. The molecule has 1 saturated carbocycles. The zero-order chi connectivity index (χ0) is 18.3. The van der Waals surface area contributed by atoms with E-state index in [0.717, 1.165) is 43.5 Å². The molecule has 3 aliphatic rings. The summed E-state index contributed by atoms with van der Waals surface area (Å²) in [7, 11) is 0. The molecule has 0 aromatic carbocycles. The van der Waals surface area contributed by atoms with Crippen LogP contribution in [-0.4, -0.2) is 47.2 Å². The molecule has 0 spiro atoms. The second-order valence-corrected chi connectivity index (χ2v) is 8.82. The minimum absolute atomic E-state index is 0.0393. The quantitative estimate of drug-likeness (QED) is 0.790. The lowest BCUT2D eigenvalue weighted by molar-refractivity contribution is -0.139. The Kier molecular flexibility index (Phi) is 4.75. The Bertz CT molecular complexity index is 701. The zero-order valence-electron chi connectivity index (χ0n) is 14.8. The summed E-state index contributed by atoms with van der Waals surface area (Å²) in [6.45, 7) is 0.672. The van der Waals surface area contributed by atoms with Crippen LogP contribution in [0.4, 0.5) is 8.78 Å². The van der Waals surface area contributed by atoms with Crippen LogP contribution in [0.3, 0.4) is 0 Å². The van der Waals surface area contributed by atoms with Crippen molar-refractivity contribution in [1.82, 2.24) is 9.80 Å². The number of halogens is 2. The molecule has 3 fully saturated rings. The topological polar surface area (TPSA) is 40.6 Å². The Balaban J connectivity index is 1.47. The third-order valence-corrected chi connectivity index (χ3v) is 7.01. The zero-order valence-corrected chi connectivity index (χ0v) is 15.6. The molecule has 2 aliphatic heterocycles. The van der Waals surface area contributed by atoms with E-state index in [1.807, 2.05) is 11.0 Å². The van der Waals surface area contributed by atoms with E-state index in [1.165, 1.54) is 16.2 Å². The molecule has 1 aromatic rings. The fourth-order valence-corrected chi connectivity index (χ4v) is 5.28. The molecule has 142 valence electrons. The maximum atomic E-state index is 13.6. The van der Waals surface area contributed by atoms with Gasteiger partial charge in [0.15, 0.2) is 0 Å². The number of alkyl halides is 2. The number of carbonyl (C=O) groups excluding carboxylic acids is 2. The first kappa shape index (κ1) is 17.9. The van der Waals surface area contributed by atoms with Gasteiger partial charge in [0.05, 0.1) is 17.5 Å². The summed E-state index contributed by atoms with van der Waals surface area (Å²) in [4.78, 5) is 30.0. The van der Waals surface area contributed by atoms with E-state index in [0.29, 0.717) is 17.8 Å². The van der Waals surface area contributed by atoms with Crippen molar-refractivity contribution in [2.45, 2.75) is 56.9 Å². The van der Waals surface area contributed by atoms with Crippen LogP contribution in [0.1, 0.15) is 65.5 Å². The van der Waals surface area contributed by atoms with Gasteiger partial charge in [-0.1, -0.05) is 6.42 Å². The molecule has 1 unspecified atom stereocenters. The third-order valence-electron chi connectivity index (χ3n) is 5.84. The number of amides is 2. The van der Waals surface area contributed by atoms with Crippen molar-refractivity contribution < 1.29 is 18.4 Å². The lowest BCUT2D eigenvalue weighted by Crippen LogP contribution is -2.45. The molecular formula is C19H24F2N2O2S. The molecule has 0 bridgehead atoms. The van der Waals surface area contributed by atoms with Gasteiger partial charge in [-0.2, -0.15) is 0 Å². The van der Waals surface area contributed by atoms with Gasteiger partial charge in [-0.3, -0.25) is 9.59 Å². The van der Waals surface area contributed by atoms with Gasteiger partial charge in [-0.25, -0.2) is 8.78 Å². The van der Waals surface area contributed by atoms with Crippen LogP contribution in [0.2, 0.25) is 0 Å². The Hall–Kier alpha value is -1.50. The monoisotopic (exact) mass is 382 g/mol. The predicted octanol–water partition coefficient (Wildman–Crippen LogP) is 4.08. The largest absolute Gasteiger partial charge is 0.335 e. The van der Waals surface area contributed by atoms with Crippen LogP contribution in [0.5, 0.6) is 0 Å². The molecule has 1 aliphatic carbocycles. The van der Waals surface area contributed by atoms with E-state index in [9.17, 15) is 18.4 Å². The average molecular weight is 382 g/mol. The summed E-state index contributed by atoms with van der Waals surface area (Å²) < 4.78 is 27.2. The number of piperidine rings is 1. The van der Waals surface area contributed by atoms with Crippen LogP contribution >= 0.6 is 11.3 Å². The second kappa shape index (κ2) is 6.91. The first-order valence-electron chi connectivity index (χ1n) is 9.52. The van der Waals surface area contributed by atoms with Gasteiger partial charge < -0.3 is 9.80 Å². The van der Waals surface area contributed by atoms with Crippen LogP contribution in [0.25, 0.3) is 0 Å². The van der Waals surface area contributed by atoms with Crippen molar-refractivity contribution >= 4 is 23.2 Å². The standard InChI is InChI=1S/C19H24F2N2O2S/c20-19(21)9-3-10-22(12-19)18(25)16-8-7-15(26-16)14-6-2-11-23(14)17(24)13-4-1-5-13/h7-8,13-14H,1-6,9-12H2. The summed E-state index contributed by atoms with van der Waals surface area (Å²) in [6, 6.07) is 3.67. The SMILES string of the molecule is O=C(c1ccc(C2CCCN2C(=O)C2CCC2)s1)N1CCCC(F)(F)C1. The van der Waals surface area contributed by atoms with Crippen LogP contribution in [-0.2, 0) is 4.79 Å². The highest BCUT2D eigenvalue weighted by atomic mass is 32.1. The Morgan fingerprint density at radius 1 is 1.08 bits per heavy atom. The van der Waals surface area contributed by atoms with Gasteiger partial charge in [-0.05, 0) is 44.2 Å². The minimum atomic E-state index is -2.79. The number of hydrogen-bond acceptors (Lipinski definition) is 3. The number of rotatable bonds is 3. The summed E-state index contributed by atoms with van der Waals surface area (Å²) in [5.74, 6) is -2.68. The van der Waals surface area contributed by atoms with Crippen LogP contribution < -0.4 is 0 Å². The first-order valence-corrected chi connectivity index (χ1v) is 10.3. The fraction of sp³-hybridized carbons (Fsp3) is 0.684. The maximum absolute atomic E-state index is 13.6. The first-order chi connectivity index (χ1) is 12.4. The molecule has 7 heteroatoms. The van der Waals surface area contributed by atoms with Crippen molar-refractivity contribution in [3.05, 3.63) is 21.9 Å². The Labute approximate surface area is 156 Å². The molecule has 4 rings (SSSR count). The number of likely N-dealkylation sites (tertiary alicyclic amines) is 2. The molecular weight excluding hydrogens is 358 g/mol. The van der Waals surface area contributed by atoms with Gasteiger partial charge in [-0.15, -0.1) is 11.3 Å². The highest BCUT2D eigenvalue weighted by Crippen LogP contribution is 2.40. The molecule has 26 heavy (non-hydrogen) atoms. The molecule has 0 N–H and O–H groups in total. The summed E-state index contributed by atoms with van der Waals surface area (Å²) in [6.07, 6.45) is 5.18. The van der Waals surface area contributed by atoms with Crippen LogP contribution in [0.15, 0.2) is 12.1 Å². The van der Waals surface area contributed by atoms with Gasteiger partial charge in [0, 0.05) is 30.3 Å².